The average Bonchev–Trinajstić information content (AvgIpc) is 2.41. The van der Waals surface area contributed by atoms with Gasteiger partial charge in [-0.25, -0.2) is 0 Å². The maximum Gasteiger partial charge on any atom is 0.0558 e. The molecular formula is C16H25NO. The first kappa shape index (κ1) is 13.6. The van der Waals surface area contributed by atoms with Crippen molar-refractivity contribution in [3.63, 3.8) is 0 Å². The van der Waals surface area contributed by atoms with Crippen molar-refractivity contribution < 1.29 is 5.11 Å². The van der Waals surface area contributed by atoms with E-state index in [4.69, 9.17) is 5.11 Å². The number of rotatable bonds is 5. The predicted octanol–water partition coefficient (Wildman–Crippen LogP) is 3.16. The molecule has 2 heteroatoms. The number of hydrogen-bond donors (Lipinski definition) is 1. The van der Waals surface area contributed by atoms with Crippen LogP contribution in [0.15, 0.2) is 24.3 Å². The van der Waals surface area contributed by atoms with E-state index in [1.165, 1.54) is 43.2 Å². The maximum absolute atomic E-state index is 8.89. The zero-order chi connectivity index (χ0) is 12.8. The lowest BCUT2D eigenvalue weighted by molar-refractivity contribution is 0.217. The van der Waals surface area contributed by atoms with Crippen LogP contribution in [0.4, 0.5) is 0 Å². The fourth-order valence-corrected chi connectivity index (χ4v) is 2.89. The third-order valence-corrected chi connectivity index (χ3v) is 3.99. The molecule has 0 aliphatic heterocycles. The Morgan fingerprint density at radius 3 is 2.39 bits per heavy atom. The van der Waals surface area contributed by atoms with Crippen molar-refractivity contribution in [1.82, 2.24) is 4.90 Å². The van der Waals surface area contributed by atoms with Gasteiger partial charge in [-0.2, -0.15) is 0 Å². The minimum Gasteiger partial charge on any atom is -0.395 e. The standard InChI is InChI=1S/C16H25NO/c1-17(11-12-18)13-14-7-9-16(10-8-14)15-5-3-2-4-6-15/h7-10,15,18H,2-6,11-13H2,1H3. The SMILES string of the molecule is CN(CCO)Cc1ccc(C2CCCCC2)cc1. The number of likely N-dealkylation sites (N-methyl/N-ethyl adjacent to an activating group) is 1. The Kier molecular flexibility index (Phi) is 5.21. The van der Waals surface area contributed by atoms with Crippen molar-refractivity contribution in [3.8, 4) is 0 Å². The molecule has 1 aromatic rings. The summed E-state index contributed by atoms with van der Waals surface area (Å²) in [6, 6.07) is 9.10. The number of benzene rings is 1. The van der Waals surface area contributed by atoms with Gasteiger partial charge in [0.1, 0.15) is 0 Å². The van der Waals surface area contributed by atoms with Crippen LogP contribution in [-0.2, 0) is 6.54 Å². The summed E-state index contributed by atoms with van der Waals surface area (Å²) in [6.07, 6.45) is 6.94. The first-order chi connectivity index (χ1) is 8.79. The molecule has 1 N–H and O–H groups in total. The highest BCUT2D eigenvalue weighted by Crippen LogP contribution is 2.32. The molecule has 1 aliphatic rings. The summed E-state index contributed by atoms with van der Waals surface area (Å²) in [5.74, 6) is 0.794. The van der Waals surface area contributed by atoms with Crippen LogP contribution in [0.25, 0.3) is 0 Å². The Hall–Kier alpha value is -0.860. The second kappa shape index (κ2) is 6.91. The van der Waals surface area contributed by atoms with Gasteiger partial charge in [0.05, 0.1) is 6.61 Å². The lowest BCUT2D eigenvalue weighted by Gasteiger charge is -2.22. The minimum atomic E-state index is 0.233. The van der Waals surface area contributed by atoms with Crippen molar-refractivity contribution >= 4 is 0 Å². The lowest BCUT2D eigenvalue weighted by Crippen LogP contribution is -2.21. The second-order valence-electron chi connectivity index (χ2n) is 5.54. The number of hydrogen-bond acceptors (Lipinski definition) is 2. The molecular weight excluding hydrogens is 222 g/mol. The van der Waals surface area contributed by atoms with Gasteiger partial charge in [-0.3, -0.25) is 4.90 Å². The van der Waals surface area contributed by atoms with Crippen molar-refractivity contribution in [2.24, 2.45) is 0 Å². The van der Waals surface area contributed by atoms with Gasteiger partial charge >= 0.3 is 0 Å². The largest absolute Gasteiger partial charge is 0.395 e. The van der Waals surface area contributed by atoms with Gasteiger partial charge in [0.2, 0.25) is 0 Å². The molecule has 0 bridgehead atoms. The highest BCUT2D eigenvalue weighted by Gasteiger charge is 2.15. The van der Waals surface area contributed by atoms with Crippen LogP contribution in [0, 0.1) is 0 Å². The molecule has 1 saturated carbocycles. The van der Waals surface area contributed by atoms with Crippen LogP contribution in [0.5, 0.6) is 0 Å². The van der Waals surface area contributed by atoms with E-state index < -0.39 is 0 Å². The van der Waals surface area contributed by atoms with Crippen molar-refractivity contribution in [2.75, 3.05) is 20.2 Å². The molecule has 1 aliphatic carbocycles. The summed E-state index contributed by atoms with van der Waals surface area (Å²) in [6.45, 7) is 1.90. The smallest absolute Gasteiger partial charge is 0.0558 e. The highest BCUT2D eigenvalue weighted by atomic mass is 16.3. The minimum absolute atomic E-state index is 0.233. The van der Waals surface area contributed by atoms with Crippen LogP contribution in [0.1, 0.15) is 49.1 Å². The van der Waals surface area contributed by atoms with Gasteiger partial charge < -0.3 is 5.11 Å². The van der Waals surface area contributed by atoms with E-state index in [0.29, 0.717) is 0 Å². The van der Waals surface area contributed by atoms with Gasteiger partial charge in [0, 0.05) is 13.1 Å². The molecule has 2 rings (SSSR count). The monoisotopic (exact) mass is 247 g/mol. The van der Waals surface area contributed by atoms with Crippen LogP contribution in [0.2, 0.25) is 0 Å². The summed E-state index contributed by atoms with van der Waals surface area (Å²) in [5, 5.41) is 8.89. The Morgan fingerprint density at radius 1 is 1.11 bits per heavy atom. The summed E-state index contributed by atoms with van der Waals surface area (Å²) in [4.78, 5) is 2.15. The van der Waals surface area contributed by atoms with E-state index in [1.807, 2.05) is 7.05 Å². The maximum atomic E-state index is 8.89. The molecule has 0 saturated heterocycles. The molecule has 0 spiro atoms. The molecule has 0 atom stereocenters. The topological polar surface area (TPSA) is 23.5 Å². The first-order valence-corrected chi connectivity index (χ1v) is 7.18. The zero-order valence-corrected chi connectivity index (χ0v) is 11.4. The third-order valence-electron chi connectivity index (χ3n) is 3.99. The van der Waals surface area contributed by atoms with Crippen LogP contribution >= 0.6 is 0 Å². The molecule has 1 aromatic carbocycles. The molecule has 2 nitrogen and oxygen atoms in total. The molecule has 1 fully saturated rings. The Labute approximate surface area is 111 Å². The summed E-state index contributed by atoms with van der Waals surface area (Å²) < 4.78 is 0. The quantitative estimate of drug-likeness (QED) is 0.864. The van der Waals surface area contributed by atoms with Crippen molar-refractivity contribution in [1.29, 1.82) is 0 Å². The summed E-state index contributed by atoms with van der Waals surface area (Å²) in [5.41, 5.74) is 2.86. The molecule has 18 heavy (non-hydrogen) atoms. The molecule has 0 aromatic heterocycles. The van der Waals surface area contributed by atoms with E-state index in [-0.39, 0.29) is 6.61 Å². The van der Waals surface area contributed by atoms with Crippen molar-refractivity contribution in [3.05, 3.63) is 35.4 Å². The van der Waals surface area contributed by atoms with Crippen LogP contribution in [-0.4, -0.2) is 30.2 Å². The fraction of sp³-hybridized carbons (Fsp3) is 0.625. The lowest BCUT2D eigenvalue weighted by atomic mass is 9.84. The van der Waals surface area contributed by atoms with Gasteiger partial charge in [-0.15, -0.1) is 0 Å². The number of aliphatic hydroxyl groups excluding tert-OH is 1. The molecule has 0 amide bonds. The van der Waals surface area contributed by atoms with Gasteiger partial charge in [-0.05, 0) is 36.9 Å². The van der Waals surface area contributed by atoms with Gasteiger partial charge in [-0.1, -0.05) is 43.5 Å². The molecule has 0 unspecified atom stereocenters. The summed E-state index contributed by atoms with van der Waals surface area (Å²) >= 11 is 0. The normalized spacial score (nSPS) is 17.3. The second-order valence-corrected chi connectivity index (χ2v) is 5.54. The highest BCUT2D eigenvalue weighted by molar-refractivity contribution is 5.25. The van der Waals surface area contributed by atoms with Crippen LogP contribution < -0.4 is 0 Å². The van der Waals surface area contributed by atoms with Crippen molar-refractivity contribution in [2.45, 2.75) is 44.6 Å². The number of nitrogens with zero attached hydrogens (tertiary/aromatic N) is 1. The zero-order valence-electron chi connectivity index (χ0n) is 11.4. The van der Waals surface area contributed by atoms with E-state index in [9.17, 15) is 0 Å². The van der Waals surface area contributed by atoms with E-state index in [2.05, 4.69) is 29.2 Å². The third kappa shape index (κ3) is 3.82. The average molecular weight is 247 g/mol. The Balaban J connectivity index is 1.92. The van der Waals surface area contributed by atoms with Gasteiger partial charge in [0.25, 0.3) is 0 Å². The Morgan fingerprint density at radius 2 is 1.78 bits per heavy atom. The van der Waals surface area contributed by atoms with Crippen LogP contribution in [0.3, 0.4) is 0 Å². The number of aliphatic hydroxyl groups is 1. The Bertz CT molecular complexity index is 341. The molecule has 0 heterocycles. The molecule has 0 radical (unpaired) electrons. The fourth-order valence-electron chi connectivity index (χ4n) is 2.89. The van der Waals surface area contributed by atoms with E-state index in [1.54, 1.807) is 0 Å². The van der Waals surface area contributed by atoms with E-state index >= 15 is 0 Å². The van der Waals surface area contributed by atoms with Gasteiger partial charge in [0.15, 0.2) is 0 Å². The predicted molar refractivity (Wildman–Crippen MR) is 75.7 cm³/mol. The van der Waals surface area contributed by atoms with E-state index in [0.717, 1.165) is 19.0 Å². The summed E-state index contributed by atoms with van der Waals surface area (Å²) in [7, 11) is 2.05. The first-order valence-electron chi connectivity index (χ1n) is 7.18. The molecule has 100 valence electrons.